The Morgan fingerprint density at radius 1 is 1.23 bits per heavy atom. The number of hydrogen-bond acceptors (Lipinski definition) is 4. The lowest BCUT2D eigenvalue weighted by Gasteiger charge is -2.37. The third-order valence-corrected chi connectivity index (χ3v) is 6.49. The fraction of sp³-hybridized carbons (Fsp3) is 0.391. The summed E-state index contributed by atoms with van der Waals surface area (Å²) in [6.07, 6.45) is 2.93. The van der Waals surface area contributed by atoms with Gasteiger partial charge in [0.25, 0.3) is 0 Å². The average Bonchev–Trinajstić information content (AvgIpc) is 3.51. The molecule has 7 heteroatoms. The van der Waals surface area contributed by atoms with Crippen molar-refractivity contribution in [2.45, 2.75) is 37.1 Å². The summed E-state index contributed by atoms with van der Waals surface area (Å²) in [6.45, 7) is 0.727. The van der Waals surface area contributed by atoms with Crippen LogP contribution in [0.25, 0.3) is 0 Å². The number of hydrogen-bond donors (Lipinski definition) is 2. The first-order valence-corrected chi connectivity index (χ1v) is 10.9. The fourth-order valence-corrected chi connectivity index (χ4v) is 4.67. The highest BCUT2D eigenvalue weighted by Crippen LogP contribution is 2.49. The van der Waals surface area contributed by atoms with Crippen molar-refractivity contribution in [2.75, 3.05) is 19.0 Å². The highest BCUT2D eigenvalue weighted by molar-refractivity contribution is 6.31. The number of carbonyl (C=O) groups is 2. The summed E-state index contributed by atoms with van der Waals surface area (Å²) < 4.78 is 4.87. The highest BCUT2D eigenvalue weighted by Gasteiger charge is 2.53. The van der Waals surface area contributed by atoms with Gasteiger partial charge in [0.2, 0.25) is 5.91 Å². The van der Waals surface area contributed by atoms with Crippen molar-refractivity contribution in [3.05, 3.63) is 63.6 Å². The molecule has 158 valence electrons. The van der Waals surface area contributed by atoms with Gasteiger partial charge in [-0.3, -0.25) is 14.9 Å². The van der Waals surface area contributed by atoms with Crippen LogP contribution in [0.4, 0.5) is 5.69 Å². The van der Waals surface area contributed by atoms with Crippen LogP contribution in [-0.2, 0) is 19.9 Å². The predicted molar refractivity (Wildman–Crippen MR) is 118 cm³/mol. The zero-order valence-corrected chi connectivity index (χ0v) is 18.2. The van der Waals surface area contributed by atoms with Crippen LogP contribution < -0.4 is 10.6 Å². The second kappa shape index (κ2) is 8.58. The lowest BCUT2D eigenvalue weighted by Crippen LogP contribution is -2.53. The molecular weight excluding hydrogens is 423 g/mol. The van der Waals surface area contributed by atoms with E-state index < -0.39 is 5.54 Å². The van der Waals surface area contributed by atoms with Crippen LogP contribution in [0.15, 0.2) is 42.5 Å². The first-order chi connectivity index (χ1) is 14.4. The number of ether oxygens (including phenoxy) is 1. The van der Waals surface area contributed by atoms with Crippen molar-refractivity contribution in [1.82, 2.24) is 5.32 Å². The van der Waals surface area contributed by atoms with E-state index in [0.717, 1.165) is 30.5 Å². The molecule has 0 unspecified atom stereocenters. The molecule has 2 aliphatic rings. The number of esters is 1. The molecule has 2 aromatic rings. The molecule has 1 amide bonds. The molecule has 0 radical (unpaired) electrons. The lowest BCUT2D eigenvalue weighted by molar-refractivity contribution is -0.141. The van der Waals surface area contributed by atoms with Crippen molar-refractivity contribution in [3.8, 4) is 0 Å². The molecule has 5 nitrogen and oxygen atoms in total. The zero-order valence-electron chi connectivity index (χ0n) is 16.7. The first-order valence-electron chi connectivity index (χ1n) is 10.1. The van der Waals surface area contributed by atoms with Crippen LogP contribution in [-0.4, -0.2) is 25.5 Å². The average molecular weight is 447 g/mol. The molecule has 0 bridgehead atoms. The summed E-state index contributed by atoms with van der Waals surface area (Å²) in [5.74, 6) is -0.215. The van der Waals surface area contributed by atoms with Crippen molar-refractivity contribution >= 4 is 40.8 Å². The van der Waals surface area contributed by atoms with Crippen LogP contribution in [0.2, 0.25) is 10.0 Å². The maximum Gasteiger partial charge on any atom is 0.305 e. The number of fused-ring (bicyclic) bond motifs is 1. The van der Waals surface area contributed by atoms with Crippen LogP contribution in [0.5, 0.6) is 0 Å². The van der Waals surface area contributed by atoms with E-state index in [4.69, 9.17) is 27.9 Å². The van der Waals surface area contributed by atoms with Gasteiger partial charge in [-0.1, -0.05) is 41.4 Å². The van der Waals surface area contributed by atoms with E-state index in [2.05, 4.69) is 10.6 Å². The van der Waals surface area contributed by atoms with Gasteiger partial charge in [-0.15, -0.1) is 0 Å². The van der Waals surface area contributed by atoms with Gasteiger partial charge in [-0.05, 0) is 61.6 Å². The second-order valence-electron chi connectivity index (χ2n) is 8.00. The Morgan fingerprint density at radius 3 is 2.70 bits per heavy atom. The van der Waals surface area contributed by atoms with Crippen LogP contribution in [0.1, 0.15) is 42.7 Å². The largest absolute Gasteiger partial charge is 0.469 e. The molecule has 30 heavy (non-hydrogen) atoms. The van der Waals surface area contributed by atoms with Crippen LogP contribution >= 0.6 is 23.2 Å². The number of benzene rings is 2. The van der Waals surface area contributed by atoms with Crippen LogP contribution in [0, 0.1) is 5.92 Å². The molecule has 0 aromatic heterocycles. The quantitative estimate of drug-likeness (QED) is 0.567. The standard InChI is InChI=1S/C23H24Cl2N2O3/c1-30-21(28)10-9-18(15-3-2-4-16(24)11-15)23(26-13-14-5-6-14)19-8-7-17(25)12-20(19)27-22(23)29/h2-4,7-8,11-12,14,18,26H,5-6,9-10,13H2,1H3,(H,27,29)/t18-,23+/m0/s1. The van der Waals surface area contributed by atoms with Gasteiger partial charge in [0.1, 0.15) is 5.54 Å². The molecule has 1 aliphatic carbocycles. The Hall–Kier alpha value is -2.08. The Morgan fingerprint density at radius 2 is 2.00 bits per heavy atom. The second-order valence-corrected chi connectivity index (χ2v) is 8.87. The normalized spacial score (nSPS) is 21.1. The molecule has 2 atom stereocenters. The molecule has 1 saturated carbocycles. The van der Waals surface area contributed by atoms with Gasteiger partial charge in [-0.25, -0.2) is 0 Å². The van der Waals surface area contributed by atoms with Gasteiger partial charge in [0.15, 0.2) is 0 Å². The summed E-state index contributed by atoms with van der Waals surface area (Å²) in [4.78, 5) is 25.5. The smallest absolute Gasteiger partial charge is 0.305 e. The monoisotopic (exact) mass is 446 g/mol. The van der Waals surface area contributed by atoms with Crippen molar-refractivity contribution in [1.29, 1.82) is 0 Å². The van der Waals surface area contributed by atoms with Crippen molar-refractivity contribution < 1.29 is 14.3 Å². The van der Waals surface area contributed by atoms with E-state index in [1.165, 1.54) is 7.11 Å². The third-order valence-electron chi connectivity index (χ3n) is 6.02. The van der Waals surface area contributed by atoms with Crippen LogP contribution in [0.3, 0.4) is 0 Å². The Labute approximate surface area is 186 Å². The molecule has 1 heterocycles. The van der Waals surface area contributed by atoms with E-state index in [9.17, 15) is 9.59 Å². The molecule has 0 saturated heterocycles. The number of nitrogens with one attached hydrogen (secondary N) is 2. The number of halogens is 2. The molecule has 4 rings (SSSR count). The van der Waals surface area contributed by atoms with Gasteiger partial charge in [0.05, 0.1) is 7.11 Å². The van der Waals surface area contributed by atoms with Gasteiger partial charge in [0, 0.05) is 33.6 Å². The number of methoxy groups -OCH3 is 1. The topological polar surface area (TPSA) is 67.4 Å². The summed E-state index contributed by atoms with van der Waals surface area (Å²) in [5, 5.41) is 7.74. The highest BCUT2D eigenvalue weighted by atomic mass is 35.5. The zero-order chi connectivity index (χ0) is 21.3. The molecular formula is C23H24Cl2N2O3. The van der Waals surface area contributed by atoms with Crippen molar-refractivity contribution in [2.24, 2.45) is 5.92 Å². The van der Waals surface area contributed by atoms with E-state index in [1.54, 1.807) is 18.2 Å². The van der Waals surface area contributed by atoms with E-state index in [-0.39, 0.29) is 24.2 Å². The number of rotatable bonds is 8. The Kier molecular flexibility index (Phi) is 6.05. The van der Waals surface area contributed by atoms with Gasteiger partial charge < -0.3 is 10.1 Å². The molecule has 1 aliphatic heterocycles. The SMILES string of the molecule is COC(=O)CC[C@@H](c1cccc(Cl)c1)[C@]1(NCC2CC2)C(=O)Nc2cc(Cl)ccc21. The summed E-state index contributed by atoms with van der Waals surface area (Å²) in [7, 11) is 1.37. The summed E-state index contributed by atoms with van der Waals surface area (Å²) in [5.41, 5.74) is 1.40. The predicted octanol–water partition coefficient (Wildman–Crippen LogP) is 4.88. The van der Waals surface area contributed by atoms with E-state index in [1.807, 2.05) is 24.3 Å². The minimum atomic E-state index is -1.03. The lowest BCUT2D eigenvalue weighted by atomic mass is 9.72. The maximum atomic E-state index is 13.5. The molecule has 1 fully saturated rings. The number of carbonyl (C=O) groups excluding carboxylic acids is 2. The first kappa shape index (κ1) is 21.2. The van der Waals surface area contributed by atoms with Gasteiger partial charge in [-0.2, -0.15) is 0 Å². The fourth-order valence-electron chi connectivity index (χ4n) is 4.30. The van der Waals surface area contributed by atoms with Gasteiger partial charge >= 0.3 is 5.97 Å². The number of amides is 1. The maximum absolute atomic E-state index is 13.5. The van der Waals surface area contributed by atoms with Crippen molar-refractivity contribution in [3.63, 3.8) is 0 Å². The minimum absolute atomic E-state index is 0.143. The molecule has 2 N–H and O–H groups in total. The van der Waals surface area contributed by atoms with E-state index >= 15 is 0 Å². The minimum Gasteiger partial charge on any atom is -0.469 e. The third kappa shape index (κ3) is 4.07. The Bertz CT molecular complexity index is 977. The number of anilines is 1. The van der Waals surface area contributed by atoms with E-state index in [0.29, 0.717) is 28.1 Å². The molecule has 2 aromatic carbocycles. The summed E-state index contributed by atoms with van der Waals surface area (Å²) in [6, 6.07) is 12.9. The Balaban J connectivity index is 1.83. The summed E-state index contributed by atoms with van der Waals surface area (Å²) >= 11 is 12.5. The molecule has 0 spiro atoms.